The largest absolute Gasteiger partial charge is 0.416 e. The van der Waals surface area contributed by atoms with Crippen molar-refractivity contribution in [2.75, 3.05) is 0 Å². The topological polar surface area (TPSA) is 89.8 Å². The first-order chi connectivity index (χ1) is 16.7. The molecular weight excluding hydrogens is 491 g/mol. The van der Waals surface area contributed by atoms with Crippen molar-refractivity contribution < 1.29 is 21.6 Å². The van der Waals surface area contributed by atoms with Crippen LogP contribution in [0.3, 0.4) is 0 Å². The predicted octanol–water partition coefficient (Wildman–Crippen LogP) is 5.40. The maximum Gasteiger partial charge on any atom is 0.416 e. The van der Waals surface area contributed by atoms with E-state index < -0.39 is 27.3 Å². The molecule has 0 radical (unpaired) electrons. The first-order valence-electron chi connectivity index (χ1n) is 10.9. The van der Waals surface area contributed by atoms with E-state index in [4.69, 9.17) is 0 Å². The van der Waals surface area contributed by atoms with Crippen molar-refractivity contribution >= 4 is 10.0 Å². The summed E-state index contributed by atoms with van der Waals surface area (Å²) in [5.41, 5.74) is 1.56. The number of imidazole rings is 1. The molecule has 2 aromatic heterocycles. The van der Waals surface area contributed by atoms with E-state index in [9.17, 15) is 21.6 Å². The Balaban J connectivity index is 1.60. The molecule has 1 N–H and O–H groups in total. The van der Waals surface area contributed by atoms with E-state index in [1.54, 1.807) is 56.7 Å². The minimum Gasteiger partial charge on any atom is -0.274 e. The van der Waals surface area contributed by atoms with Crippen LogP contribution < -0.4 is 4.72 Å². The van der Waals surface area contributed by atoms with Gasteiger partial charge in [-0.25, -0.2) is 28.1 Å². The number of aryl methyl sites for hydroxylation is 1. The molecule has 2 heterocycles. The van der Waals surface area contributed by atoms with Gasteiger partial charge >= 0.3 is 6.18 Å². The summed E-state index contributed by atoms with van der Waals surface area (Å²) in [5, 5.41) is 0. The number of hydrogen-bond donors (Lipinski definition) is 1. The highest BCUT2D eigenvalue weighted by atomic mass is 32.2. The lowest BCUT2D eigenvalue weighted by Crippen LogP contribution is -2.40. The zero-order chi connectivity index (χ0) is 26.3. The summed E-state index contributed by atoms with van der Waals surface area (Å²) in [4.78, 5) is 13.4. The van der Waals surface area contributed by atoms with Gasteiger partial charge < -0.3 is 0 Å². The van der Waals surface area contributed by atoms with Crippen LogP contribution in [0, 0.1) is 6.92 Å². The molecule has 0 spiro atoms. The highest BCUT2D eigenvalue weighted by molar-refractivity contribution is 7.89. The third-order valence-electron chi connectivity index (χ3n) is 5.06. The molecule has 0 aliphatic rings. The van der Waals surface area contributed by atoms with Gasteiger partial charge in [0.25, 0.3) is 0 Å². The lowest BCUT2D eigenvalue weighted by atomic mass is 10.1. The molecule has 0 amide bonds. The van der Waals surface area contributed by atoms with Gasteiger partial charge in [-0.15, -0.1) is 0 Å². The first kappa shape index (κ1) is 25.5. The standard InChI is InChI=1S/C25H24F3N5O2S/c1-16-13-21(17-5-9-19(10-6-17)25(26,27)28)31-23(30-16)33-14-22(29-15-33)18-7-11-20(12-8-18)36(34,35)32-24(2,3)4/h5-15,32H,1-4H3. The molecule has 0 aliphatic carbocycles. The van der Waals surface area contributed by atoms with Crippen LogP contribution in [0.5, 0.6) is 0 Å². The molecule has 0 unspecified atom stereocenters. The molecule has 7 nitrogen and oxygen atoms in total. The van der Waals surface area contributed by atoms with Crippen molar-refractivity contribution in [3.63, 3.8) is 0 Å². The van der Waals surface area contributed by atoms with Gasteiger partial charge in [0.1, 0.15) is 6.33 Å². The quantitative estimate of drug-likeness (QED) is 0.384. The van der Waals surface area contributed by atoms with Crippen LogP contribution in [-0.4, -0.2) is 33.5 Å². The van der Waals surface area contributed by atoms with Crippen LogP contribution in [-0.2, 0) is 16.2 Å². The molecule has 2 aromatic carbocycles. The van der Waals surface area contributed by atoms with E-state index in [-0.39, 0.29) is 4.90 Å². The Labute approximate surface area is 207 Å². The maximum atomic E-state index is 12.9. The minimum atomic E-state index is -4.41. The summed E-state index contributed by atoms with van der Waals surface area (Å²) < 4.78 is 67.9. The Morgan fingerprint density at radius 1 is 0.861 bits per heavy atom. The molecule has 188 valence electrons. The van der Waals surface area contributed by atoms with Gasteiger partial charge in [0.2, 0.25) is 16.0 Å². The highest BCUT2D eigenvalue weighted by Crippen LogP contribution is 2.31. The molecule has 4 aromatic rings. The second-order valence-electron chi connectivity index (χ2n) is 9.32. The maximum absolute atomic E-state index is 12.9. The number of hydrogen-bond acceptors (Lipinski definition) is 5. The van der Waals surface area contributed by atoms with Crippen LogP contribution in [0.25, 0.3) is 28.5 Å². The van der Waals surface area contributed by atoms with Crippen molar-refractivity contribution in [1.82, 2.24) is 24.2 Å². The Kier molecular flexibility index (Phi) is 6.48. The number of sulfonamides is 1. The lowest BCUT2D eigenvalue weighted by molar-refractivity contribution is -0.137. The molecule has 0 saturated carbocycles. The van der Waals surface area contributed by atoms with Crippen LogP contribution in [0.15, 0.2) is 72.0 Å². The number of alkyl halides is 3. The summed E-state index contributed by atoms with van der Waals surface area (Å²) in [5.74, 6) is 0.303. The van der Waals surface area contributed by atoms with Gasteiger partial charge in [-0.05, 0) is 58.0 Å². The molecule has 0 saturated heterocycles. The monoisotopic (exact) mass is 515 g/mol. The Bertz CT molecular complexity index is 1490. The van der Waals surface area contributed by atoms with Crippen molar-refractivity contribution in [1.29, 1.82) is 0 Å². The zero-order valence-corrected chi connectivity index (χ0v) is 20.8. The molecule has 0 aliphatic heterocycles. The number of rotatable bonds is 5. The van der Waals surface area contributed by atoms with E-state index >= 15 is 0 Å². The number of halogens is 3. The Morgan fingerprint density at radius 3 is 2.03 bits per heavy atom. The fourth-order valence-electron chi connectivity index (χ4n) is 3.49. The van der Waals surface area contributed by atoms with Gasteiger partial charge in [-0.3, -0.25) is 4.57 Å². The summed E-state index contributed by atoms with van der Waals surface area (Å²) in [6.07, 6.45) is -1.20. The van der Waals surface area contributed by atoms with Crippen molar-refractivity contribution in [3.8, 4) is 28.5 Å². The van der Waals surface area contributed by atoms with Crippen LogP contribution in [0.4, 0.5) is 13.2 Å². The van der Waals surface area contributed by atoms with Crippen molar-refractivity contribution in [2.45, 2.75) is 44.3 Å². The Morgan fingerprint density at radius 2 is 1.44 bits per heavy atom. The van der Waals surface area contributed by atoms with Crippen molar-refractivity contribution in [2.24, 2.45) is 0 Å². The fraction of sp³-hybridized carbons (Fsp3) is 0.240. The smallest absolute Gasteiger partial charge is 0.274 e. The highest BCUT2D eigenvalue weighted by Gasteiger charge is 2.30. The number of aromatic nitrogens is 4. The lowest BCUT2D eigenvalue weighted by Gasteiger charge is -2.20. The number of nitrogens with one attached hydrogen (secondary N) is 1. The molecule has 11 heteroatoms. The van der Waals surface area contributed by atoms with Gasteiger partial charge in [-0.1, -0.05) is 24.3 Å². The van der Waals surface area contributed by atoms with Crippen LogP contribution >= 0.6 is 0 Å². The number of nitrogens with zero attached hydrogens (tertiary/aromatic N) is 4. The summed E-state index contributed by atoms with van der Waals surface area (Å²) in [6, 6.07) is 12.8. The van der Waals surface area contributed by atoms with Crippen LogP contribution in [0.1, 0.15) is 32.0 Å². The molecule has 36 heavy (non-hydrogen) atoms. The molecule has 0 fully saturated rings. The summed E-state index contributed by atoms with van der Waals surface area (Å²) in [6.45, 7) is 7.06. The Hall–Kier alpha value is -3.57. The van der Waals surface area contributed by atoms with Crippen LogP contribution in [0.2, 0.25) is 0 Å². The second-order valence-corrected chi connectivity index (χ2v) is 11.0. The molecular formula is C25H24F3N5O2S. The van der Waals surface area contributed by atoms with Gasteiger partial charge in [0.05, 0.1) is 21.8 Å². The minimum absolute atomic E-state index is 0.142. The van der Waals surface area contributed by atoms with E-state index in [0.29, 0.717) is 34.2 Å². The molecule has 4 rings (SSSR count). The van der Waals surface area contributed by atoms with E-state index in [0.717, 1.165) is 12.1 Å². The van der Waals surface area contributed by atoms with E-state index in [1.807, 2.05) is 0 Å². The molecule has 0 atom stereocenters. The SMILES string of the molecule is Cc1cc(-c2ccc(C(F)(F)F)cc2)nc(-n2cnc(-c3ccc(S(=O)(=O)NC(C)(C)C)cc3)c2)n1. The third kappa shape index (κ3) is 5.80. The van der Waals surface area contributed by atoms with Crippen molar-refractivity contribution in [3.05, 3.63) is 78.4 Å². The summed E-state index contributed by atoms with van der Waals surface area (Å²) >= 11 is 0. The summed E-state index contributed by atoms with van der Waals surface area (Å²) in [7, 11) is -3.66. The average molecular weight is 516 g/mol. The fourth-order valence-corrected chi connectivity index (χ4v) is 4.91. The number of benzene rings is 2. The normalized spacial score (nSPS) is 12.6. The van der Waals surface area contributed by atoms with E-state index in [1.165, 1.54) is 30.6 Å². The average Bonchev–Trinajstić information content (AvgIpc) is 3.27. The third-order valence-corrected chi connectivity index (χ3v) is 6.84. The van der Waals surface area contributed by atoms with Gasteiger partial charge in [-0.2, -0.15) is 13.2 Å². The zero-order valence-electron chi connectivity index (χ0n) is 20.0. The predicted molar refractivity (Wildman–Crippen MR) is 130 cm³/mol. The second kappa shape index (κ2) is 9.14. The van der Waals surface area contributed by atoms with E-state index in [2.05, 4.69) is 19.7 Å². The van der Waals surface area contributed by atoms with Gasteiger partial charge in [0.15, 0.2) is 0 Å². The van der Waals surface area contributed by atoms with Gasteiger partial charge in [0, 0.05) is 28.6 Å². The first-order valence-corrected chi connectivity index (χ1v) is 12.4. The molecule has 0 bridgehead atoms.